The number of aromatic nitrogens is 2. The zero-order valence-electron chi connectivity index (χ0n) is 23.2. The predicted molar refractivity (Wildman–Crippen MR) is 152 cm³/mol. The Morgan fingerprint density at radius 1 is 1.02 bits per heavy atom. The number of hydrogen-bond acceptors (Lipinski definition) is 6. The lowest BCUT2D eigenvalue weighted by Gasteiger charge is -2.32. The van der Waals surface area contributed by atoms with Crippen LogP contribution < -0.4 is 15.4 Å². The number of carbonyl (C=O) groups excluding carboxylic acids is 2. The molecule has 3 aromatic rings. The van der Waals surface area contributed by atoms with Crippen molar-refractivity contribution >= 4 is 23.5 Å². The summed E-state index contributed by atoms with van der Waals surface area (Å²) >= 11 is 0. The van der Waals surface area contributed by atoms with Crippen LogP contribution in [-0.2, 0) is 22.7 Å². The highest BCUT2D eigenvalue weighted by atomic mass is 16.5. The smallest absolute Gasteiger partial charge is 0.356 e. The number of nitrogens with zero attached hydrogens (tertiary/aromatic N) is 2. The number of rotatable bonds is 12. The van der Waals surface area contributed by atoms with Crippen LogP contribution in [0.1, 0.15) is 70.6 Å². The molecule has 10 nitrogen and oxygen atoms in total. The van der Waals surface area contributed by atoms with Crippen molar-refractivity contribution in [2.75, 3.05) is 11.9 Å². The number of amides is 2. The molecule has 5 rings (SSSR count). The molecule has 2 amide bonds. The third-order valence-corrected chi connectivity index (χ3v) is 7.43. The van der Waals surface area contributed by atoms with E-state index in [2.05, 4.69) is 15.7 Å². The van der Waals surface area contributed by atoms with Crippen LogP contribution in [0.5, 0.6) is 5.75 Å². The van der Waals surface area contributed by atoms with Gasteiger partial charge in [0.1, 0.15) is 18.0 Å². The highest BCUT2D eigenvalue weighted by Crippen LogP contribution is 2.32. The molecule has 2 fully saturated rings. The van der Waals surface area contributed by atoms with Crippen LogP contribution in [0.15, 0.2) is 54.6 Å². The van der Waals surface area contributed by atoms with E-state index < -0.39 is 17.8 Å². The molecular formula is C31H36N4O6. The summed E-state index contributed by atoms with van der Waals surface area (Å²) in [5, 5.41) is 19.5. The Kier molecular flexibility index (Phi) is 8.98. The van der Waals surface area contributed by atoms with Crippen molar-refractivity contribution in [1.29, 1.82) is 0 Å². The van der Waals surface area contributed by atoms with Crippen molar-refractivity contribution in [1.82, 2.24) is 15.1 Å². The van der Waals surface area contributed by atoms with Gasteiger partial charge in [-0.05, 0) is 61.8 Å². The first-order valence-electron chi connectivity index (χ1n) is 14.2. The molecule has 1 aromatic heterocycles. The summed E-state index contributed by atoms with van der Waals surface area (Å²) < 4.78 is 13.2. The fourth-order valence-electron chi connectivity index (χ4n) is 4.99. The van der Waals surface area contributed by atoms with Crippen LogP contribution in [0.4, 0.5) is 5.69 Å². The molecule has 10 heteroatoms. The van der Waals surface area contributed by atoms with E-state index in [1.54, 1.807) is 0 Å². The van der Waals surface area contributed by atoms with Crippen molar-refractivity contribution < 1.29 is 29.0 Å². The minimum Gasteiger partial charge on any atom is -0.491 e. The van der Waals surface area contributed by atoms with E-state index in [0.717, 1.165) is 54.3 Å². The van der Waals surface area contributed by atoms with Gasteiger partial charge < -0.3 is 25.2 Å². The lowest BCUT2D eigenvalue weighted by molar-refractivity contribution is -0.116. The van der Waals surface area contributed by atoms with Gasteiger partial charge in [0, 0.05) is 6.07 Å². The van der Waals surface area contributed by atoms with Gasteiger partial charge in [-0.25, -0.2) is 9.48 Å². The van der Waals surface area contributed by atoms with E-state index in [4.69, 9.17) is 9.47 Å². The van der Waals surface area contributed by atoms with Gasteiger partial charge in [0.25, 0.3) is 5.91 Å². The topological polar surface area (TPSA) is 132 Å². The first-order valence-corrected chi connectivity index (χ1v) is 14.2. The second-order valence-electron chi connectivity index (χ2n) is 10.9. The second-order valence-corrected chi connectivity index (χ2v) is 10.9. The third-order valence-electron chi connectivity index (χ3n) is 7.43. The lowest BCUT2D eigenvalue weighted by atomic mass is 9.92. The Bertz CT molecular complexity index is 1380. The van der Waals surface area contributed by atoms with Gasteiger partial charge in [0.2, 0.25) is 5.91 Å². The van der Waals surface area contributed by atoms with Gasteiger partial charge in [-0.15, -0.1) is 0 Å². The zero-order chi connectivity index (χ0) is 28.8. The number of benzene rings is 2. The minimum atomic E-state index is -1.28. The first-order chi connectivity index (χ1) is 19.9. The fourth-order valence-corrected chi connectivity index (χ4v) is 4.99. The molecule has 0 unspecified atom stereocenters. The number of ether oxygens (including phenoxy) is 2. The summed E-state index contributed by atoms with van der Waals surface area (Å²) in [6, 6.07) is 16.3. The molecule has 216 valence electrons. The maximum absolute atomic E-state index is 13.4. The van der Waals surface area contributed by atoms with Crippen molar-refractivity contribution in [3.63, 3.8) is 0 Å². The molecule has 2 atom stereocenters. The molecule has 0 saturated heterocycles. The molecule has 1 heterocycles. The number of nitrogens with one attached hydrogen (secondary N) is 2. The molecule has 3 N–H and O–H groups in total. The molecule has 41 heavy (non-hydrogen) atoms. The second kappa shape index (κ2) is 13.0. The number of carbonyl (C=O) groups is 3. The quantitative estimate of drug-likeness (QED) is 0.296. The summed E-state index contributed by atoms with van der Waals surface area (Å²) in [5.74, 6) is -1.12. The number of aromatic carboxylic acids is 1. The summed E-state index contributed by atoms with van der Waals surface area (Å²) in [4.78, 5) is 38.2. The van der Waals surface area contributed by atoms with E-state index in [9.17, 15) is 19.5 Å². The Morgan fingerprint density at radius 2 is 1.80 bits per heavy atom. The average Bonchev–Trinajstić information content (AvgIpc) is 3.69. The molecule has 0 spiro atoms. The SMILES string of the molecule is Cc1ccc(OCC2CC2)c(NC(=O)Cn2nc(C(=O)O)cc2C(=O)N[C@H]2CCCC[C@@H]2OCc2ccccc2)c1. The molecular weight excluding hydrogens is 524 g/mol. The van der Waals surface area contributed by atoms with Gasteiger partial charge in [0.05, 0.1) is 31.0 Å². The van der Waals surface area contributed by atoms with Gasteiger partial charge in [-0.3, -0.25) is 9.59 Å². The number of carboxylic acid groups (broad SMARTS) is 1. The van der Waals surface area contributed by atoms with Crippen LogP contribution >= 0.6 is 0 Å². The van der Waals surface area contributed by atoms with E-state index in [0.29, 0.717) is 30.6 Å². The Balaban J connectivity index is 1.27. The van der Waals surface area contributed by atoms with Crippen LogP contribution in [0.25, 0.3) is 0 Å². The van der Waals surface area contributed by atoms with Crippen molar-refractivity contribution in [2.24, 2.45) is 5.92 Å². The highest BCUT2D eigenvalue weighted by molar-refractivity contribution is 5.97. The van der Waals surface area contributed by atoms with Gasteiger partial charge >= 0.3 is 5.97 Å². The van der Waals surface area contributed by atoms with Crippen molar-refractivity contribution in [3.05, 3.63) is 77.1 Å². The molecule has 2 aliphatic carbocycles. The molecule has 2 aromatic carbocycles. The van der Waals surface area contributed by atoms with Gasteiger partial charge in [0.15, 0.2) is 5.69 Å². The first kappa shape index (κ1) is 28.4. The fraction of sp³-hybridized carbons (Fsp3) is 0.419. The molecule has 0 aliphatic heterocycles. The Labute approximate surface area is 239 Å². The van der Waals surface area contributed by atoms with Gasteiger partial charge in [-0.1, -0.05) is 49.2 Å². The summed E-state index contributed by atoms with van der Waals surface area (Å²) in [6.45, 7) is 2.60. The minimum absolute atomic E-state index is 0.000572. The monoisotopic (exact) mass is 560 g/mol. The number of anilines is 1. The zero-order valence-corrected chi connectivity index (χ0v) is 23.2. The van der Waals surface area contributed by atoms with E-state index >= 15 is 0 Å². The van der Waals surface area contributed by atoms with Crippen LogP contribution in [-0.4, -0.2) is 51.4 Å². The predicted octanol–water partition coefficient (Wildman–Crippen LogP) is 4.58. The number of aryl methyl sites for hydroxylation is 1. The van der Waals surface area contributed by atoms with Crippen molar-refractivity contribution in [3.8, 4) is 5.75 Å². The Morgan fingerprint density at radius 3 is 2.56 bits per heavy atom. The van der Waals surface area contributed by atoms with E-state index in [1.807, 2.05) is 55.5 Å². The molecule has 0 radical (unpaired) electrons. The third kappa shape index (κ3) is 7.73. The number of hydrogen-bond donors (Lipinski definition) is 3. The van der Waals surface area contributed by atoms with E-state index in [-0.39, 0.29) is 30.1 Å². The lowest BCUT2D eigenvalue weighted by Crippen LogP contribution is -2.46. The molecule has 0 bridgehead atoms. The molecule has 2 aliphatic rings. The van der Waals surface area contributed by atoms with Crippen molar-refractivity contribution in [2.45, 2.75) is 70.7 Å². The average molecular weight is 561 g/mol. The van der Waals surface area contributed by atoms with Crippen LogP contribution in [0, 0.1) is 12.8 Å². The standard InChI is InChI=1S/C31H36N4O6/c1-20-11-14-28(41-19-22-12-13-22)24(15-20)32-29(36)17-35-26(16-25(34-35)31(38)39)30(37)33-23-9-5-6-10-27(23)40-18-21-7-3-2-4-8-21/h2-4,7-8,11,14-16,22-23,27H,5-6,9-10,12-13,17-19H2,1H3,(H,32,36)(H,33,37)(H,38,39)/t23-,27-/m0/s1. The largest absolute Gasteiger partial charge is 0.491 e. The Hall–Kier alpha value is -4.18. The van der Waals surface area contributed by atoms with Crippen LogP contribution in [0.3, 0.4) is 0 Å². The summed E-state index contributed by atoms with van der Waals surface area (Å²) in [7, 11) is 0. The maximum atomic E-state index is 13.4. The van der Waals surface area contributed by atoms with Gasteiger partial charge in [-0.2, -0.15) is 5.10 Å². The highest BCUT2D eigenvalue weighted by Gasteiger charge is 2.30. The van der Waals surface area contributed by atoms with E-state index in [1.165, 1.54) is 6.07 Å². The maximum Gasteiger partial charge on any atom is 0.356 e. The molecule has 2 saturated carbocycles. The normalized spacial score (nSPS) is 18.5. The van der Waals surface area contributed by atoms with Crippen LogP contribution in [0.2, 0.25) is 0 Å². The summed E-state index contributed by atoms with van der Waals surface area (Å²) in [5.41, 5.74) is 2.20. The number of carboxylic acids is 1. The summed E-state index contributed by atoms with van der Waals surface area (Å²) in [6.07, 6.45) is 5.60.